The van der Waals surface area contributed by atoms with Crippen molar-refractivity contribution in [2.45, 2.75) is 19.4 Å². The molecular weight excluding hydrogens is 390 g/mol. The number of carbonyl (C=O) groups excluding carboxylic acids is 1. The number of hydrogen-bond acceptors (Lipinski definition) is 7. The van der Waals surface area contributed by atoms with Gasteiger partial charge >= 0.3 is 5.69 Å². The maximum atomic E-state index is 12.8. The second-order valence-electron chi connectivity index (χ2n) is 6.97. The van der Waals surface area contributed by atoms with Gasteiger partial charge in [-0.05, 0) is 30.0 Å². The molecule has 1 aliphatic rings. The lowest BCUT2D eigenvalue weighted by Gasteiger charge is -2.27. The molecule has 2 aromatic rings. The molecule has 0 saturated carbocycles. The Morgan fingerprint density at radius 3 is 2.53 bits per heavy atom. The summed E-state index contributed by atoms with van der Waals surface area (Å²) in [6.07, 6.45) is 2.07. The maximum absolute atomic E-state index is 12.8. The first-order valence-corrected chi connectivity index (χ1v) is 9.49. The minimum atomic E-state index is -0.662. The Balaban J connectivity index is 1.89. The molecule has 0 fully saturated rings. The molecule has 0 aliphatic carbocycles. The Labute approximate surface area is 174 Å². The van der Waals surface area contributed by atoms with Crippen LogP contribution in [0.5, 0.6) is 17.2 Å². The highest BCUT2D eigenvalue weighted by Crippen LogP contribution is 2.46. The summed E-state index contributed by atoms with van der Waals surface area (Å²) in [4.78, 5) is 26.1. The number of amides is 1. The molecule has 0 saturated heterocycles. The molecular formula is C21H25N3O6. The van der Waals surface area contributed by atoms with E-state index >= 15 is 0 Å². The van der Waals surface area contributed by atoms with Gasteiger partial charge in [-0.15, -0.1) is 0 Å². The van der Waals surface area contributed by atoms with E-state index in [0.717, 1.165) is 24.9 Å². The minimum Gasteiger partial charge on any atom is -0.493 e. The quantitative estimate of drug-likeness (QED) is 0.548. The second kappa shape index (κ2) is 8.89. The summed E-state index contributed by atoms with van der Waals surface area (Å²) in [7, 11) is 6.06. The summed E-state index contributed by atoms with van der Waals surface area (Å²) in [5, 5.41) is 14.4. The van der Waals surface area contributed by atoms with Gasteiger partial charge in [0.1, 0.15) is 5.56 Å². The molecule has 9 heteroatoms. The zero-order chi connectivity index (χ0) is 21.8. The average Bonchev–Trinajstić information content (AvgIpc) is 2.75. The van der Waals surface area contributed by atoms with Gasteiger partial charge in [0.25, 0.3) is 5.91 Å². The first kappa shape index (κ1) is 21.2. The van der Waals surface area contributed by atoms with Crippen LogP contribution in [0.3, 0.4) is 0 Å². The molecule has 1 heterocycles. The molecule has 0 bridgehead atoms. The topological polar surface area (TPSA) is 103 Å². The highest BCUT2D eigenvalue weighted by atomic mass is 16.6. The predicted molar refractivity (Wildman–Crippen MR) is 112 cm³/mol. The predicted octanol–water partition coefficient (Wildman–Crippen LogP) is 2.93. The smallest absolute Gasteiger partial charge is 0.327 e. The van der Waals surface area contributed by atoms with Crippen LogP contribution in [-0.2, 0) is 13.0 Å². The van der Waals surface area contributed by atoms with Crippen molar-refractivity contribution in [1.82, 2.24) is 5.32 Å². The van der Waals surface area contributed by atoms with Crippen LogP contribution in [-0.4, -0.2) is 45.8 Å². The first-order chi connectivity index (χ1) is 14.4. The lowest BCUT2D eigenvalue weighted by Crippen LogP contribution is -2.26. The first-order valence-electron chi connectivity index (χ1n) is 9.49. The van der Waals surface area contributed by atoms with Crippen molar-refractivity contribution in [3.05, 3.63) is 51.1 Å². The fourth-order valence-electron chi connectivity index (χ4n) is 3.72. The molecule has 1 N–H and O–H groups in total. The van der Waals surface area contributed by atoms with Crippen LogP contribution >= 0.6 is 0 Å². The van der Waals surface area contributed by atoms with E-state index in [1.165, 1.54) is 38.6 Å². The van der Waals surface area contributed by atoms with E-state index in [1.54, 1.807) is 0 Å². The lowest BCUT2D eigenvalue weighted by atomic mass is 9.99. The molecule has 2 aromatic carbocycles. The van der Waals surface area contributed by atoms with Gasteiger partial charge in [-0.25, -0.2) is 0 Å². The van der Waals surface area contributed by atoms with Crippen LogP contribution in [0.4, 0.5) is 11.4 Å². The fraction of sp³-hybridized carbons (Fsp3) is 0.381. The summed E-state index contributed by atoms with van der Waals surface area (Å²) in [6, 6.07) is 7.34. The average molecular weight is 415 g/mol. The molecule has 0 radical (unpaired) electrons. The summed E-state index contributed by atoms with van der Waals surface area (Å²) in [6.45, 7) is 1.26. The maximum Gasteiger partial charge on any atom is 0.327 e. The number of fused-ring (bicyclic) bond motifs is 1. The summed E-state index contributed by atoms with van der Waals surface area (Å²) >= 11 is 0. The SMILES string of the molecule is COc1cc(C(=O)NCc2ccc3c(c2)CCCN3C)c([N+](=O)[O-])c(OC)c1OC. The number of nitro groups is 1. The Hall–Kier alpha value is -3.49. The summed E-state index contributed by atoms with van der Waals surface area (Å²) in [5.41, 5.74) is 2.71. The van der Waals surface area contributed by atoms with Gasteiger partial charge in [0, 0.05) is 31.9 Å². The minimum absolute atomic E-state index is 0.0575. The number of nitro benzene ring substituents is 1. The van der Waals surface area contributed by atoms with Crippen molar-refractivity contribution in [2.75, 3.05) is 39.8 Å². The molecule has 160 valence electrons. The molecule has 1 amide bonds. The van der Waals surface area contributed by atoms with Crippen LogP contribution < -0.4 is 24.4 Å². The van der Waals surface area contributed by atoms with Gasteiger partial charge in [-0.1, -0.05) is 12.1 Å². The fourth-order valence-corrected chi connectivity index (χ4v) is 3.72. The molecule has 0 aromatic heterocycles. The van der Waals surface area contributed by atoms with Gasteiger partial charge in [0.15, 0.2) is 5.75 Å². The van der Waals surface area contributed by atoms with Crippen molar-refractivity contribution in [2.24, 2.45) is 0 Å². The van der Waals surface area contributed by atoms with E-state index in [1.807, 2.05) is 12.1 Å². The van der Waals surface area contributed by atoms with E-state index in [2.05, 4.69) is 23.3 Å². The molecule has 3 rings (SSSR count). The van der Waals surface area contributed by atoms with E-state index in [9.17, 15) is 14.9 Å². The van der Waals surface area contributed by atoms with Gasteiger partial charge in [-0.2, -0.15) is 0 Å². The lowest BCUT2D eigenvalue weighted by molar-refractivity contribution is -0.386. The number of hydrogen-bond donors (Lipinski definition) is 1. The van der Waals surface area contributed by atoms with Crippen molar-refractivity contribution >= 4 is 17.3 Å². The van der Waals surface area contributed by atoms with Crippen LogP contribution in [0.1, 0.15) is 27.9 Å². The van der Waals surface area contributed by atoms with E-state index < -0.39 is 16.5 Å². The Bertz CT molecular complexity index is 976. The molecule has 0 unspecified atom stereocenters. The molecule has 9 nitrogen and oxygen atoms in total. The summed E-state index contributed by atoms with van der Waals surface area (Å²) in [5.74, 6) is -0.538. The highest BCUT2D eigenvalue weighted by molar-refractivity contribution is 6.00. The second-order valence-corrected chi connectivity index (χ2v) is 6.97. The largest absolute Gasteiger partial charge is 0.493 e. The zero-order valence-corrected chi connectivity index (χ0v) is 17.5. The van der Waals surface area contributed by atoms with Crippen LogP contribution in [0, 0.1) is 10.1 Å². The van der Waals surface area contributed by atoms with Crippen LogP contribution in [0.25, 0.3) is 0 Å². The third-order valence-corrected chi connectivity index (χ3v) is 5.18. The number of methoxy groups -OCH3 is 3. The number of anilines is 1. The highest BCUT2D eigenvalue weighted by Gasteiger charge is 2.32. The standard InChI is InChI=1S/C21H25N3O6/c1-23-9-5-6-14-10-13(7-8-16(14)23)12-22-21(25)15-11-17(28-2)19(29-3)20(30-4)18(15)24(26)27/h7-8,10-11H,5-6,9,12H2,1-4H3,(H,22,25). The Morgan fingerprint density at radius 2 is 1.90 bits per heavy atom. The third kappa shape index (κ3) is 3.96. The van der Waals surface area contributed by atoms with E-state index in [-0.39, 0.29) is 29.4 Å². The van der Waals surface area contributed by atoms with Crippen molar-refractivity contribution in [3.63, 3.8) is 0 Å². The number of carbonyl (C=O) groups is 1. The van der Waals surface area contributed by atoms with Gasteiger partial charge in [0.2, 0.25) is 11.5 Å². The Morgan fingerprint density at radius 1 is 1.17 bits per heavy atom. The number of nitrogens with one attached hydrogen (secondary N) is 1. The van der Waals surface area contributed by atoms with E-state index in [0.29, 0.717) is 0 Å². The Kier molecular flexibility index (Phi) is 6.29. The molecule has 0 spiro atoms. The molecule has 1 aliphatic heterocycles. The van der Waals surface area contributed by atoms with Gasteiger partial charge in [-0.3, -0.25) is 14.9 Å². The monoisotopic (exact) mass is 415 g/mol. The van der Waals surface area contributed by atoms with Crippen molar-refractivity contribution < 1.29 is 23.9 Å². The van der Waals surface area contributed by atoms with Gasteiger partial charge < -0.3 is 24.4 Å². The van der Waals surface area contributed by atoms with E-state index in [4.69, 9.17) is 14.2 Å². The molecule has 30 heavy (non-hydrogen) atoms. The normalized spacial score (nSPS) is 12.7. The van der Waals surface area contributed by atoms with Crippen molar-refractivity contribution in [1.29, 1.82) is 0 Å². The number of benzene rings is 2. The van der Waals surface area contributed by atoms with Crippen LogP contribution in [0.15, 0.2) is 24.3 Å². The number of nitrogens with zero attached hydrogens (tertiary/aromatic N) is 2. The number of aryl methyl sites for hydroxylation is 1. The van der Waals surface area contributed by atoms with Gasteiger partial charge in [0.05, 0.1) is 26.3 Å². The van der Waals surface area contributed by atoms with Crippen molar-refractivity contribution in [3.8, 4) is 17.2 Å². The number of rotatable bonds is 7. The summed E-state index contributed by atoms with van der Waals surface area (Å²) < 4.78 is 15.6. The third-order valence-electron chi connectivity index (χ3n) is 5.18. The number of ether oxygens (including phenoxy) is 3. The van der Waals surface area contributed by atoms with Crippen LogP contribution in [0.2, 0.25) is 0 Å². The molecule has 0 atom stereocenters. The zero-order valence-electron chi connectivity index (χ0n) is 17.5.